The quantitative estimate of drug-likeness (QED) is 0.802. The molecule has 0 fully saturated rings. The average Bonchev–Trinajstić information content (AvgIpc) is 2.36. The van der Waals surface area contributed by atoms with Crippen molar-refractivity contribution in [1.29, 1.82) is 0 Å². The fourth-order valence-corrected chi connectivity index (χ4v) is 1.71. The zero-order valence-corrected chi connectivity index (χ0v) is 11.0. The maximum absolute atomic E-state index is 11.8. The van der Waals surface area contributed by atoms with E-state index in [9.17, 15) is 9.59 Å². The van der Waals surface area contributed by atoms with E-state index >= 15 is 0 Å². The molecule has 0 N–H and O–H groups in total. The van der Waals surface area contributed by atoms with Gasteiger partial charge in [0.05, 0.1) is 16.9 Å². The lowest BCUT2D eigenvalue weighted by Crippen LogP contribution is -2.21. The topological polar surface area (TPSA) is 52.0 Å². The van der Waals surface area contributed by atoms with Crippen LogP contribution in [0.3, 0.4) is 0 Å². The molecule has 2 rings (SSSR count). The van der Waals surface area contributed by atoms with Crippen molar-refractivity contribution in [2.24, 2.45) is 0 Å². The van der Waals surface area contributed by atoms with Gasteiger partial charge in [0.2, 0.25) is 0 Å². The summed E-state index contributed by atoms with van der Waals surface area (Å²) in [6.45, 7) is 0. The monoisotopic (exact) mass is 302 g/mol. The fraction of sp³-hybridized carbons (Fsp3) is 0. The van der Waals surface area contributed by atoms with Crippen molar-refractivity contribution in [3.8, 4) is 5.69 Å². The molecule has 1 aromatic heterocycles. The summed E-state index contributed by atoms with van der Waals surface area (Å²) < 4.78 is 1.08. The van der Waals surface area contributed by atoms with Gasteiger partial charge in [0.25, 0.3) is 10.8 Å². The first-order chi connectivity index (χ1) is 8.50. The normalized spacial score (nSPS) is 10.4. The zero-order chi connectivity index (χ0) is 13.3. The number of halogens is 3. The van der Waals surface area contributed by atoms with Crippen molar-refractivity contribution in [3.63, 3.8) is 0 Å². The zero-order valence-electron chi connectivity index (χ0n) is 8.73. The van der Waals surface area contributed by atoms with Crippen LogP contribution < -0.4 is 5.56 Å². The van der Waals surface area contributed by atoms with Gasteiger partial charge in [-0.1, -0.05) is 23.2 Å². The van der Waals surface area contributed by atoms with Crippen molar-refractivity contribution in [2.45, 2.75) is 0 Å². The lowest BCUT2D eigenvalue weighted by atomic mass is 10.2. The summed E-state index contributed by atoms with van der Waals surface area (Å²) in [4.78, 5) is 22.7. The first kappa shape index (κ1) is 13.1. The molecule has 0 saturated carbocycles. The summed E-state index contributed by atoms with van der Waals surface area (Å²) in [6, 6.07) is 6.05. The van der Waals surface area contributed by atoms with Crippen LogP contribution in [0.1, 0.15) is 10.4 Å². The summed E-state index contributed by atoms with van der Waals surface area (Å²) in [5.74, 6) is 0. The molecule has 0 amide bonds. The van der Waals surface area contributed by atoms with Gasteiger partial charge in [0.1, 0.15) is 5.02 Å². The van der Waals surface area contributed by atoms with Gasteiger partial charge in [-0.3, -0.25) is 9.59 Å². The maximum atomic E-state index is 11.8. The number of rotatable bonds is 2. The van der Waals surface area contributed by atoms with E-state index in [1.807, 2.05) is 0 Å². The molecule has 1 aromatic carbocycles. The first-order valence-electron chi connectivity index (χ1n) is 4.74. The van der Waals surface area contributed by atoms with Crippen LogP contribution in [0.5, 0.6) is 0 Å². The Hall–Kier alpha value is -1.36. The third kappa shape index (κ3) is 2.41. The molecular weight excluding hydrogens is 298 g/mol. The molecule has 0 unspecified atom stereocenters. The summed E-state index contributed by atoms with van der Waals surface area (Å²) in [6.07, 6.45) is 1.27. The Morgan fingerprint density at radius 2 is 1.78 bits per heavy atom. The molecule has 0 aliphatic rings. The van der Waals surface area contributed by atoms with Crippen LogP contribution in [0.2, 0.25) is 10.0 Å². The number of hydrogen-bond acceptors (Lipinski definition) is 3. The Morgan fingerprint density at radius 3 is 2.33 bits per heavy atom. The second-order valence-corrected chi connectivity index (χ2v) is 4.47. The number of hydrogen-bond donors (Lipinski definition) is 0. The van der Waals surface area contributed by atoms with Crippen LogP contribution in [-0.4, -0.2) is 15.0 Å². The van der Waals surface area contributed by atoms with Gasteiger partial charge in [-0.25, -0.2) is 0 Å². The molecule has 4 nitrogen and oxygen atoms in total. The van der Waals surface area contributed by atoms with E-state index in [1.165, 1.54) is 30.5 Å². The second-order valence-electron chi connectivity index (χ2n) is 3.34. The molecule has 0 atom stereocenters. The van der Waals surface area contributed by atoms with Crippen molar-refractivity contribution >= 4 is 40.0 Å². The van der Waals surface area contributed by atoms with Gasteiger partial charge < -0.3 is 0 Å². The number of aromatic nitrogens is 2. The number of nitrogens with zero attached hydrogens (tertiary/aromatic N) is 2. The second kappa shape index (κ2) is 5.10. The van der Waals surface area contributed by atoms with Gasteiger partial charge in [0.15, 0.2) is 0 Å². The molecule has 7 heteroatoms. The predicted octanol–water partition coefficient (Wildman–Crippen LogP) is 2.92. The fourth-order valence-electron chi connectivity index (χ4n) is 1.33. The van der Waals surface area contributed by atoms with E-state index in [0.717, 1.165) is 4.68 Å². The van der Waals surface area contributed by atoms with Crippen LogP contribution in [0, 0.1) is 0 Å². The van der Waals surface area contributed by atoms with E-state index < -0.39 is 10.8 Å². The standard InChI is InChI=1S/C11H5Cl3N2O2/c12-8-5-15-16(11(18)9(8)13)7-3-1-6(2-4-7)10(14)17/h1-5H. The molecule has 18 heavy (non-hydrogen) atoms. The minimum absolute atomic E-state index is 0.0884. The van der Waals surface area contributed by atoms with E-state index in [1.54, 1.807) is 0 Å². The lowest BCUT2D eigenvalue weighted by Gasteiger charge is -2.05. The van der Waals surface area contributed by atoms with Crippen molar-refractivity contribution in [3.05, 3.63) is 56.4 Å². The van der Waals surface area contributed by atoms with Crippen LogP contribution in [0.15, 0.2) is 35.3 Å². The largest absolute Gasteiger partial charge is 0.291 e. The van der Waals surface area contributed by atoms with Crippen LogP contribution in [0.4, 0.5) is 0 Å². The Labute approximate surface area is 117 Å². The molecule has 0 saturated heterocycles. The minimum atomic E-state index is -0.573. The Bertz CT molecular complexity index is 665. The molecule has 0 radical (unpaired) electrons. The Morgan fingerprint density at radius 1 is 1.17 bits per heavy atom. The highest BCUT2D eigenvalue weighted by Gasteiger charge is 2.09. The van der Waals surface area contributed by atoms with Crippen molar-refractivity contribution in [2.75, 3.05) is 0 Å². The molecule has 0 spiro atoms. The molecular formula is C11H5Cl3N2O2. The Kier molecular flexibility index (Phi) is 3.71. The molecule has 92 valence electrons. The first-order valence-corrected chi connectivity index (χ1v) is 5.87. The van der Waals surface area contributed by atoms with Gasteiger partial charge in [-0.2, -0.15) is 9.78 Å². The van der Waals surface area contributed by atoms with E-state index in [-0.39, 0.29) is 10.0 Å². The number of carbonyl (C=O) groups is 1. The summed E-state index contributed by atoms with van der Waals surface area (Å²) in [5.41, 5.74) is 0.253. The van der Waals surface area contributed by atoms with Gasteiger partial charge in [-0.15, -0.1) is 0 Å². The lowest BCUT2D eigenvalue weighted by molar-refractivity contribution is 0.108. The summed E-state index contributed by atoms with van der Waals surface area (Å²) >= 11 is 16.7. The minimum Gasteiger partial charge on any atom is -0.276 e. The highest BCUT2D eigenvalue weighted by molar-refractivity contribution is 6.67. The number of carbonyl (C=O) groups excluding carboxylic acids is 1. The van der Waals surface area contributed by atoms with E-state index in [4.69, 9.17) is 34.8 Å². The smallest absolute Gasteiger partial charge is 0.276 e. The van der Waals surface area contributed by atoms with Crippen molar-refractivity contribution in [1.82, 2.24) is 9.78 Å². The summed E-state index contributed by atoms with van der Waals surface area (Å²) in [5, 5.41) is 3.26. The van der Waals surface area contributed by atoms with Crippen LogP contribution in [-0.2, 0) is 0 Å². The highest BCUT2D eigenvalue weighted by atomic mass is 35.5. The summed E-state index contributed by atoms with van der Waals surface area (Å²) in [7, 11) is 0. The predicted molar refractivity (Wildman–Crippen MR) is 70.0 cm³/mol. The highest BCUT2D eigenvalue weighted by Crippen LogP contribution is 2.16. The third-order valence-electron chi connectivity index (χ3n) is 2.22. The van der Waals surface area contributed by atoms with E-state index in [2.05, 4.69) is 5.10 Å². The van der Waals surface area contributed by atoms with Gasteiger partial charge in [-0.05, 0) is 35.9 Å². The SMILES string of the molecule is O=C(Cl)c1ccc(-n2ncc(Cl)c(Cl)c2=O)cc1. The van der Waals surface area contributed by atoms with Crippen molar-refractivity contribution < 1.29 is 4.79 Å². The average molecular weight is 304 g/mol. The molecule has 0 aliphatic carbocycles. The van der Waals surface area contributed by atoms with Crippen LogP contribution in [0.25, 0.3) is 5.69 Å². The number of benzene rings is 1. The van der Waals surface area contributed by atoms with E-state index in [0.29, 0.717) is 11.3 Å². The van der Waals surface area contributed by atoms with Crippen LogP contribution >= 0.6 is 34.8 Å². The molecule has 1 heterocycles. The molecule has 0 bridgehead atoms. The maximum Gasteiger partial charge on any atom is 0.291 e. The molecule has 2 aromatic rings. The third-order valence-corrected chi connectivity index (χ3v) is 3.18. The van der Waals surface area contributed by atoms with Gasteiger partial charge in [0, 0.05) is 5.56 Å². The Balaban J connectivity index is 2.53. The molecule has 0 aliphatic heterocycles. The van der Waals surface area contributed by atoms with Gasteiger partial charge >= 0.3 is 0 Å².